The van der Waals surface area contributed by atoms with E-state index in [1.54, 1.807) is 19.2 Å². The summed E-state index contributed by atoms with van der Waals surface area (Å²) in [5, 5.41) is 7.55. The maximum atomic E-state index is 12.9. The number of furan rings is 1. The van der Waals surface area contributed by atoms with Gasteiger partial charge >= 0.3 is 0 Å². The van der Waals surface area contributed by atoms with E-state index in [2.05, 4.69) is 10.4 Å². The van der Waals surface area contributed by atoms with Crippen molar-refractivity contribution in [2.24, 2.45) is 0 Å². The van der Waals surface area contributed by atoms with Gasteiger partial charge in [0, 0.05) is 0 Å². The van der Waals surface area contributed by atoms with Crippen molar-refractivity contribution >= 4 is 11.6 Å². The minimum Gasteiger partial charge on any atom is -0.497 e. The van der Waals surface area contributed by atoms with E-state index < -0.39 is 0 Å². The first-order valence-electron chi connectivity index (χ1n) is 11.1. The maximum absolute atomic E-state index is 12.9. The number of hydrogen-bond donors (Lipinski definition) is 1. The van der Waals surface area contributed by atoms with Gasteiger partial charge in [-0.25, -0.2) is 0 Å². The summed E-state index contributed by atoms with van der Waals surface area (Å²) in [4.78, 5) is 12.9. The molecule has 0 saturated heterocycles. The molecule has 0 aliphatic rings. The van der Waals surface area contributed by atoms with Gasteiger partial charge in [-0.05, 0) is 74.7 Å². The Bertz CT molecular complexity index is 1320. The first-order chi connectivity index (χ1) is 16.3. The molecule has 7 nitrogen and oxygen atoms in total. The van der Waals surface area contributed by atoms with Crippen LogP contribution in [0.15, 0.2) is 59.0 Å². The third-order valence-electron chi connectivity index (χ3n) is 5.69. The van der Waals surface area contributed by atoms with Crippen LogP contribution in [0.25, 0.3) is 0 Å². The molecule has 2 aromatic heterocycles. The Morgan fingerprint density at radius 2 is 1.88 bits per heavy atom. The molecule has 176 valence electrons. The van der Waals surface area contributed by atoms with Crippen LogP contribution in [0.3, 0.4) is 0 Å². The summed E-state index contributed by atoms with van der Waals surface area (Å²) in [6.07, 6.45) is 0. The van der Waals surface area contributed by atoms with Gasteiger partial charge in [-0.15, -0.1) is 0 Å². The van der Waals surface area contributed by atoms with E-state index in [1.165, 1.54) is 0 Å². The lowest BCUT2D eigenvalue weighted by atomic mass is 10.1. The molecule has 4 rings (SSSR count). The average Bonchev–Trinajstić information content (AvgIpc) is 3.40. The van der Waals surface area contributed by atoms with Crippen LogP contribution in [0, 0.1) is 27.7 Å². The highest BCUT2D eigenvalue weighted by Gasteiger charge is 2.18. The van der Waals surface area contributed by atoms with E-state index >= 15 is 0 Å². The fraction of sp³-hybridized carbons (Fsp3) is 0.259. The van der Waals surface area contributed by atoms with E-state index in [9.17, 15) is 4.79 Å². The van der Waals surface area contributed by atoms with E-state index in [1.807, 2.05) is 74.8 Å². The average molecular weight is 460 g/mol. The zero-order valence-corrected chi connectivity index (χ0v) is 20.1. The number of aryl methyl sites for hydroxylation is 3. The molecule has 0 aliphatic heterocycles. The van der Waals surface area contributed by atoms with Crippen molar-refractivity contribution in [3.63, 3.8) is 0 Å². The molecule has 34 heavy (non-hydrogen) atoms. The number of methoxy groups -OCH3 is 1. The molecule has 4 aromatic rings. The number of amides is 1. The zero-order valence-electron chi connectivity index (χ0n) is 20.1. The molecule has 0 atom stereocenters. The topological polar surface area (TPSA) is 78.5 Å². The number of benzene rings is 2. The lowest BCUT2D eigenvalue weighted by molar-refractivity contribution is 0.0992. The summed E-state index contributed by atoms with van der Waals surface area (Å²) < 4.78 is 18.8. The number of hydrogen-bond acceptors (Lipinski definition) is 5. The van der Waals surface area contributed by atoms with Crippen LogP contribution in [-0.4, -0.2) is 22.8 Å². The van der Waals surface area contributed by atoms with E-state index in [-0.39, 0.29) is 18.3 Å². The second-order valence-corrected chi connectivity index (χ2v) is 8.33. The molecule has 2 heterocycles. The third kappa shape index (κ3) is 5.14. The van der Waals surface area contributed by atoms with E-state index in [0.717, 1.165) is 39.6 Å². The molecule has 1 amide bonds. The quantitative estimate of drug-likeness (QED) is 0.371. The summed E-state index contributed by atoms with van der Waals surface area (Å²) in [6, 6.07) is 17.3. The third-order valence-corrected chi connectivity index (χ3v) is 5.69. The SMILES string of the molecule is COc1cccc(Cn2nc(C)c(NC(=O)c3ccc(COc4cc(C)ccc4C)o3)c2C)c1. The smallest absolute Gasteiger partial charge is 0.291 e. The van der Waals surface area contributed by atoms with Gasteiger partial charge in [0.05, 0.1) is 30.7 Å². The monoisotopic (exact) mass is 459 g/mol. The first-order valence-corrected chi connectivity index (χ1v) is 11.1. The Morgan fingerprint density at radius 3 is 2.68 bits per heavy atom. The highest BCUT2D eigenvalue weighted by Crippen LogP contribution is 2.24. The number of anilines is 1. The highest BCUT2D eigenvalue weighted by molar-refractivity contribution is 6.02. The fourth-order valence-corrected chi connectivity index (χ4v) is 3.74. The summed E-state index contributed by atoms with van der Waals surface area (Å²) >= 11 is 0. The number of aromatic nitrogens is 2. The second-order valence-electron chi connectivity index (χ2n) is 8.33. The van der Waals surface area contributed by atoms with Crippen LogP contribution >= 0.6 is 0 Å². The van der Waals surface area contributed by atoms with Gasteiger partial charge in [0.2, 0.25) is 0 Å². The summed E-state index contributed by atoms with van der Waals surface area (Å²) in [6.45, 7) is 8.63. The molecule has 0 unspecified atom stereocenters. The van der Waals surface area contributed by atoms with Crippen LogP contribution in [0.4, 0.5) is 5.69 Å². The normalized spacial score (nSPS) is 10.9. The number of nitrogens with zero attached hydrogens (tertiary/aromatic N) is 2. The molecule has 0 bridgehead atoms. The predicted molar refractivity (Wildman–Crippen MR) is 131 cm³/mol. The Morgan fingerprint density at radius 1 is 1.06 bits per heavy atom. The summed E-state index contributed by atoms with van der Waals surface area (Å²) in [7, 11) is 1.64. The molecular formula is C27H29N3O4. The molecular weight excluding hydrogens is 430 g/mol. The van der Waals surface area contributed by atoms with E-state index in [4.69, 9.17) is 13.9 Å². The van der Waals surface area contributed by atoms with Gasteiger partial charge in [0.1, 0.15) is 23.9 Å². The van der Waals surface area contributed by atoms with Crippen LogP contribution in [0.2, 0.25) is 0 Å². The Balaban J connectivity index is 1.43. The summed E-state index contributed by atoms with van der Waals surface area (Å²) in [5.41, 5.74) is 5.50. The minimum absolute atomic E-state index is 0.221. The maximum Gasteiger partial charge on any atom is 0.291 e. The van der Waals surface area contributed by atoms with Crippen molar-refractivity contribution < 1.29 is 18.7 Å². The molecule has 2 aromatic carbocycles. The predicted octanol–water partition coefficient (Wildman–Crippen LogP) is 5.60. The molecule has 0 aliphatic carbocycles. The second kappa shape index (κ2) is 9.87. The van der Waals surface area contributed by atoms with E-state index in [0.29, 0.717) is 18.0 Å². The van der Waals surface area contributed by atoms with Gasteiger partial charge < -0.3 is 19.2 Å². The van der Waals surface area contributed by atoms with Crippen molar-refractivity contribution in [3.05, 3.63) is 94.2 Å². The number of carbonyl (C=O) groups is 1. The summed E-state index contributed by atoms with van der Waals surface area (Å²) in [5.74, 6) is 2.07. The minimum atomic E-state index is -0.329. The molecule has 0 radical (unpaired) electrons. The van der Waals surface area contributed by atoms with Gasteiger partial charge in [-0.2, -0.15) is 5.10 Å². The van der Waals surface area contributed by atoms with Crippen molar-refractivity contribution in [2.75, 3.05) is 12.4 Å². The Kier molecular flexibility index (Phi) is 6.72. The van der Waals surface area contributed by atoms with Crippen molar-refractivity contribution in [3.8, 4) is 11.5 Å². The lowest BCUT2D eigenvalue weighted by Gasteiger charge is -2.09. The van der Waals surface area contributed by atoms with Gasteiger partial charge in [0.25, 0.3) is 5.91 Å². The molecule has 0 fully saturated rings. The van der Waals surface area contributed by atoms with Crippen molar-refractivity contribution in [2.45, 2.75) is 40.8 Å². The largest absolute Gasteiger partial charge is 0.497 e. The number of rotatable bonds is 8. The highest BCUT2D eigenvalue weighted by atomic mass is 16.5. The van der Waals surface area contributed by atoms with Crippen molar-refractivity contribution in [1.29, 1.82) is 0 Å². The molecule has 1 N–H and O–H groups in total. The van der Waals surface area contributed by atoms with Crippen molar-refractivity contribution in [1.82, 2.24) is 9.78 Å². The lowest BCUT2D eigenvalue weighted by Crippen LogP contribution is -2.12. The van der Waals surface area contributed by atoms with Gasteiger partial charge in [0.15, 0.2) is 5.76 Å². The van der Waals surface area contributed by atoms with Gasteiger partial charge in [-0.1, -0.05) is 24.3 Å². The van der Waals surface area contributed by atoms with Crippen LogP contribution in [-0.2, 0) is 13.2 Å². The Hall–Kier alpha value is -4.00. The molecule has 0 saturated carbocycles. The number of ether oxygens (including phenoxy) is 2. The molecule has 7 heteroatoms. The van der Waals surface area contributed by atoms with Crippen LogP contribution in [0.5, 0.6) is 11.5 Å². The number of carbonyl (C=O) groups excluding carboxylic acids is 1. The van der Waals surface area contributed by atoms with Crippen LogP contribution in [0.1, 0.15) is 44.4 Å². The zero-order chi connectivity index (χ0) is 24.2. The van der Waals surface area contributed by atoms with Gasteiger partial charge in [-0.3, -0.25) is 9.48 Å². The standard InChI is InChI=1S/C27H29N3O4/c1-17-9-10-18(2)25(13-17)33-16-23-11-12-24(34-23)27(31)28-26-19(3)29-30(20(26)4)15-21-7-6-8-22(14-21)32-5/h6-14H,15-16H2,1-5H3,(H,28,31). The Labute approximate surface area is 199 Å². The fourth-order valence-electron chi connectivity index (χ4n) is 3.74. The first kappa shape index (κ1) is 23.2. The number of nitrogens with one attached hydrogen (secondary N) is 1. The molecule has 0 spiro atoms. The van der Waals surface area contributed by atoms with Crippen LogP contribution < -0.4 is 14.8 Å².